The van der Waals surface area contributed by atoms with Crippen LogP contribution in [0.3, 0.4) is 0 Å². The third-order valence-electron chi connectivity index (χ3n) is 4.30. The number of fused-ring (bicyclic) bond motifs is 1. The van der Waals surface area contributed by atoms with Gasteiger partial charge < -0.3 is 10.6 Å². The highest BCUT2D eigenvalue weighted by Crippen LogP contribution is 2.33. The summed E-state index contributed by atoms with van der Waals surface area (Å²) in [5.41, 5.74) is 8.14. The van der Waals surface area contributed by atoms with Crippen LogP contribution < -0.4 is 5.73 Å². The van der Waals surface area contributed by atoms with E-state index < -0.39 is 5.95 Å². The zero-order chi connectivity index (χ0) is 17.4. The number of amides is 1. The number of thiophene rings is 1. The summed E-state index contributed by atoms with van der Waals surface area (Å²) in [6.07, 6.45) is 6.11. The largest absolute Gasteiger partial charge is 0.396 e. The number of rotatable bonds is 2. The lowest BCUT2D eigenvalue weighted by Crippen LogP contribution is -2.35. The van der Waals surface area contributed by atoms with Crippen LogP contribution in [0, 0.1) is 5.95 Å². The van der Waals surface area contributed by atoms with E-state index in [2.05, 4.69) is 15.0 Å². The summed E-state index contributed by atoms with van der Waals surface area (Å²) in [5.74, 6) is -0.635. The van der Waals surface area contributed by atoms with Gasteiger partial charge in [-0.3, -0.25) is 4.79 Å². The van der Waals surface area contributed by atoms with Gasteiger partial charge in [-0.1, -0.05) is 0 Å². The summed E-state index contributed by atoms with van der Waals surface area (Å²) in [7, 11) is 0. The van der Waals surface area contributed by atoms with Crippen LogP contribution in [0.4, 0.5) is 10.1 Å². The average molecular weight is 357 g/mol. The molecule has 0 spiro atoms. The summed E-state index contributed by atoms with van der Waals surface area (Å²) in [5, 5.41) is 0. The van der Waals surface area contributed by atoms with Gasteiger partial charge in [-0.2, -0.15) is 4.39 Å². The Hall–Kier alpha value is -2.61. The maximum atomic E-state index is 13.3. The second-order valence-electron chi connectivity index (χ2n) is 5.97. The summed E-state index contributed by atoms with van der Waals surface area (Å²) in [6.45, 7) is 1.52. The maximum absolute atomic E-state index is 13.3. The minimum absolute atomic E-state index is 0.0569. The molecule has 0 aliphatic carbocycles. The van der Waals surface area contributed by atoms with Gasteiger partial charge in [0.1, 0.15) is 15.2 Å². The number of hydrogen-bond acceptors (Lipinski definition) is 6. The van der Waals surface area contributed by atoms with Crippen LogP contribution in [-0.2, 0) is 0 Å². The van der Waals surface area contributed by atoms with Crippen molar-refractivity contribution >= 4 is 33.3 Å². The number of nitrogens with zero attached hydrogens (tertiary/aromatic N) is 4. The van der Waals surface area contributed by atoms with Gasteiger partial charge in [0.25, 0.3) is 5.91 Å². The van der Waals surface area contributed by atoms with E-state index in [4.69, 9.17) is 5.73 Å². The number of halogens is 1. The summed E-state index contributed by atoms with van der Waals surface area (Å²) in [4.78, 5) is 28.0. The van der Waals surface area contributed by atoms with Crippen LogP contribution in [0.15, 0.2) is 24.5 Å². The molecule has 8 heteroatoms. The van der Waals surface area contributed by atoms with Gasteiger partial charge >= 0.3 is 0 Å². The van der Waals surface area contributed by atoms with Crippen LogP contribution in [0.25, 0.3) is 21.6 Å². The van der Waals surface area contributed by atoms with Gasteiger partial charge in [0.2, 0.25) is 5.95 Å². The third-order valence-corrected chi connectivity index (χ3v) is 5.38. The number of piperidine rings is 1. The van der Waals surface area contributed by atoms with E-state index in [-0.39, 0.29) is 5.91 Å². The lowest BCUT2D eigenvalue weighted by Gasteiger charge is -2.26. The minimum Gasteiger partial charge on any atom is -0.396 e. The molecular weight excluding hydrogens is 341 g/mol. The van der Waals surface area contributed by atoms with Crippen molar-refractivity contribution in [2.75, 3.05) is 18.8 Å². The molecule has 4 rings (SSSR count). The van der Waals surface area contributed by atoms with Crippen LogP contribution in [0.2, 0.25) is 0 Å². The van der Waals surface area contributed by atoms with E-state index in [0.717, 1.165) is 32.4 Å². The van der Waals surface area contributed by atoms with E-state index >= 15 is 0 Å². The first-order valence-electron chi connectivity index (χ1n) is 8.09. The van der Waals surface area contributed by atoms with Crippen LogP contribution in [0.5, 0.6) is 0 Å². The molecule has 3 aromatic rings. The number of nitrogens with two attached hydrogens (primary N) is 1. The number of pyridine rings is 1. The van der Waals surface area contributed by atoms with Gasteiger partial charge in [-0.05, 0) is 25.3 Å². The number of aromatic nitrogens is 3. The fourth-order valence-corrected chi connectivity index (χ4v) is 4.01. The molecule has 6 nitrogen and oxygen atoms in total. The first kappa shape index (κ1) is 15.9. The molecule has 0 radical (unpaired) electrons. The Balaban J connectivity index is 1.73. The number of hydrogen-bond donors (Lipinski definition) is 1. The number of likely N-dealkylation sites (tertiary alicyclic amines) is 1. The molecule has 1 amide bonds. The van der Waals surface area contributed by atoms with Crippen molar-refractivity contribution in [1.82, 2.24) is 19.9 Å². The van der Waals surface area contributed by atoms with Crippen molar-refractivity contribution in [3.05, 3.63) is 35.4 Å². The molecule has 0 unspecified atom stereocenters. The predicted octanol–water partition coefficient (Wildman–Crippen LogP) is 3.10. The lowest BCUT2D eigenvalue weighted by atomic mass is 10.1. The Morgan fingerprint density at radius 1 is 1.24 bits per heavy atom. The molecule has 3 aromatic heterocycles. The topological polar surface area (TPSA) is 85.0 Å². The fraction of sp³-hybridized carbons (Fsp3) is 0.294. The van der Waals surface area contributed by atoms with Crippen LogP contribution in [0.1, 0.15) is 28.9 Å². The summed E-state index contributed by atoms with van der Waals surface area (Å²) in [6, 6.07) is 2.96. The second kappa shape index (κ2) is 6.36. The van der Waals surface area contributed by atoms with Crippen LogP contribution >= 0.6 is 11.3 Å². The van der Waals surface area contributed by atoms with E-state index in [1.807, 2.05) is 4.90 Å². The fourth-order valence-electron chi connectivity index (χ4n) is 2.99. The Morgan fingerprint density at radius 2 is 2.04 bits per heavy atom. The highest BCUT2D eigenvalue weighted by atomic mass is 32.1. The normalized spacial score (nSPS) is 14.8. The predicted molar refractivity (Wildman–Crippen MR) is 94.8 cm³/mol. The van der Waals surface area contributed by atoms with Crippen molar-refractivity contribution in [3.63, 3.8) is 0 Å². The molecule has 0 atom stereocenters. The SMILES string of the molecule is Nc1c(C(=O)N2CCCCC2)sc2nc(-c3ccnc(F)c3)cnc12. The first-order valence-corrected chi connectivity index (χ1v) is 8.91. The summed E-state index contributed by atoms with van der Waals surface area (Å²) < 4.78 is 13.3. The Labute approximate surface area is 147 Å². The van der Waals surface area contributed by atoms with E-state index in [9.17, 15) is 9.18 Å². The standard InChI is InChI=1S/C17H16FN5OS/c18-12-8-10(4-5-20-12)11-9-21-14-13(19)15(25-16(14)22-11)17(24)23-6-2-1-3-7-23/h4-5,8-9H,1-3,6-7,19H2. The van der Waals surface area contributed by atoms with Gasteiger partial charge in [-0.15, -0.1) is 11.3 Å². The van der Waals surface area contributed by atoms with Gasteiger partial charge in [0, 0.05) is 30.9 Å². The first-order chi connectivity index (χ1) is 12.1. The van der Waals surface area contributed by atoms with Crippen molar-refractivity contribution in [2.24, 2.45) is 0 Å². The molecule has 0 bridgehead atoms. The smallest absolute Gasteiger partial charge is 0.266 e. The Bertz CT molecular complexity index is 951. The quantitative estimate of drug-likeness (QED) is 0.712. The Morgan fingerprint density at radius 3 is 2.80 bits per heavy atom. The zero-order valence-corrected chi connectivity index (χ0v) is 14.2. The number of carbonyl (C=O) groups is 1. The molecule has 128 valence electrons. The van der Waals surface area contributed by atoms with Crippen molar-refractivity contribution in [2.45, 2.75) is 19.3 Å². The molecule has 1 saturated heterocycles. The van der Waals surface area contributed by atoms with E-state index in [1.54, 1.807) is 6.07 Å². The zero-order valence-electron chi connectivity index (χ0n) is 13.4. The minimum atomic E-state index is -0.578. The number of carbonyl (C=O) groups excluding carboxylic acids is 1. The van der Waals surface area contributed by atoms with Crippen molar-refractivity contribution in [1.29, 1.82) is 0 Å². The van der Waals surface area contributed by atoms with Gasteiger partial charge in [-0.25, -0.2) is 15.0 Å². The molecule has 1 aliphatic rings. The molecule has 2 N–H and O–H groups in total. The van der Waals surface area contributed by atoms with Crippen molar-refractivity contribution < 1.29 is 9.18 Å². The molecule has 4 heterocycles. The second-order valence-corrected chi connectivity index (χ2v) is 6.97. The maximum Gasteiger partial charge on any atom is 0.266 e. The molecule has 0 saturated carbocycles. The summed E-state index contributed by atoms with van der Waals surface area (Å²) >= 11 is 1.24. The van der Waals surface area contributed by atoms with Gasteiger partial charge in [0.05, 0.1) is 17.6 Å². The molecule has 25 heavy (non-hydrogen) atoms. The van der Waals surface area contributed by atoms with E-state index in [0.29, 0.717) is 32.2 Å². The van der Waals surface area contributed by atoms with E-state index in [1.165, 1.54) is 29.8 Å². The highest BCUT2D eigenvalue weighted by molar-refractivity contribution is 7.21. The molecule has 1 aliphatic heterocycles. The Kier molecular flexibility index (Phi) is 4.04. The monoisotopic (exact) mass is 357 g/mol. The highest BCUT2D eigenvalue weighted by Gasteiger charge is 2.24. The number of nitrogen functional groups attached to an aromatic ring is 1. The van der Waals surface area contributed by atoms with Crippen molar-refractivity contribution in [3.8, 4) is 11.3 Å². The van der Waals surface area contributed by atoms with Crippen LogP contribution in [-0.4, -0.2) is 38.8 Å². The third kappa shape index (κ3) is 2.93. The molecule has 0 aromatic carbocycles. The van der Waals surface area contributed by atoms with Gasteiger partial charge in [0.15, 0.2) is 0 Å². The molecule has 1 fully saturated rings. The number of anilines is 1. The average Bonchev–Trinajstić information content (AvgIpc) is 2.98. The molecular formula is C17H16FN5OS. The lowest BCUT2D eigenvalue weighted by molar-refractivity contribution is 0.0730.